The van der Waals surface area contributed by atoms with Gasteiger partial charge in [0.2, 0.25) is 0 Å². The third kappa shape index (κ3) is 3.64. The lowest BCUT2D eigenvalue weighted by molar-refractivity contribution is -0.167. The number of esters is 1. The molecule has 0 aliphatic rings. The number of carbonyl (C=O) groups excluding carboxylic acids is 1. The normalized spacial score (nSPS) is 17.2. The second kappa shape index (κ2) is 5.98. The zero-order chi connectivity index (χ0) is 11.2. The molecule has 0 aromatic carbocycles. The van der Waals surface area contributed by atoms with Gasteiger partial charge in [-0.25, -0.2) is 0 Å². The van der Waals surface area contributed by atoms with Crippen molar-refractivity contribution >= 4 is 5.97 Å². The molecule has 4 heteroatoms. The van der Waals surface area contributed by atoms with Gasteiger partial charge in [-0.15, -0.1) is 0 Å². The average Bonchev–Trinajstić information content (AvgIpc) is 2.14. The van der Waals surface area contributed by atoms with Gasteiger partial charge in [-0.2, -0.15) is 0 Å². The van der Waals surface area contributed by atoms with E-state index in [4.69, 9.17) is 14.6 Å². The lowest BCUT2D eigenvalue weighted by atomic mass is 9.93. The molecule has 0 amide bonds. The maximum absolute atomic E-state index is 10.8. The summed E-state index contributed by atoms with van der Waals surface area (Å²) in [5.74, 6) is -0.321. The van der Waals surface area contributed by atoms with E-state index in [1.165, 1.54) is 6.92 Å². The van der Waals surface area contributed by atoms with Gasteiger partial charge < -0.3 is 14.6 Å². The molecule has 84 valence electrons. The van der Waals surface area contributed by atoms with Crippen LogP contribution in [0.15, 0.2) is 0 Å². The smallest absolute Gasteiger partial charge is 0.303 e. The zero-order valence-electron chi connectivity index (χ0n) is 9.37. The van der Waals surface area contributed by atoms with Crippen LogP contribution in [0.5, 0.6) is 0 Å². The molecule has 1 N–H and O–H groups in total. The van der Waals surface area contributed by atoms with E-state index in [2.05, 4.69) is 0 Å². The van der Waals surface area contributed by atoms with E-state index in [-0.39, 0.29) is 18.7 Å². The standard InChI is InChI=1S/C10H20O4/c1-5-9(14-8(2)12)10(3,13-4)6-7-11/h9,11H,5-7H2,1-4H3. The Balaban J connectivity index is 4.49. The van der Waals surface area contributed by atoms with Gasteiger partial charge in [-0.3, -0.25) is 4.79 Å². The van der Waals surface area contributed by atoms with E-state index < -0.39 is 5.60 Å². The van der Waals surface area contributed by atoms with Crippen LogP contribution in [0, 0.1) is 0 Å². The summed E-state index contributed by atoms with van der Waals surface area (Å²) in [4.78, 5) is 10.8. The minimum absolute atomic E-state index is 0.0160. The Bertz CT molecular complexity index is 181. The van der Waals surface area contributed by atoms with Crippen LogP contribution < -0.4 is 0 Å². The highest BCUT2D eigenvalue weighted by atomic mass is 16.6. The van der Waals surface area contributed by atoms with Gasteiger partial charge in [-0.1, -0.05) is 6.92 Å². The molecular weight excluding hydrogens is 184 g/mol. The maximum Gasteiger partial charge on any atom is 0.303 e. The van der Waals surface area contributed by atoms with E-state index in [0.29, 0.717) is 12.8 Å². The highest BCUT2D eigenvalue weighted by molar-refractivity contribution is 5.66. The third-order valence-electron chi connectivity index (χ3n) is 2.43. The van der Waals surface area contributed by atoms with E-state index in [1.807, 2.05) is 13.8 Å². The summed E-state index contributed by atoms with van der Waals surface area (Å²) in [6, 6.07) is 0. The van der Waals surface area contributed by atoms with Crippen LogP contribution in [0.1, 0.15) is 33.6 Å². The molecule has 0 rings (SSSR count). The van der Waals surface area contributed by atoms with E-state index in [1.54, 1.807) is 7.11 Å². The van der Waals surface area contributed by atoms with E-state index in [9.17, 15) is 4.79 Å². The van der Waals surface area contributed by atoms with Crippen LogP contribution >= 0.6 is 0 Å². The molecule has 0 aromatic rings. The summed E-state index contributed by atoms with van der Waals surface area (Å²) in [6.07, 6.45) is 0.816. The number of aliphatic hydroxyl groups excluding tert-OH is 1. The van der Waals surface area contributed by atoms with Crippen molar-refractivity contribution in [1.29, 1.82) is 0 Å². The lowest BCUT2D eigenvalue weighted by Crippen LogP contribution is -2.44. The first-order valence-corrected chi connectivity index (χ1v) is 4.83. The minimum atomic E-state index is -0.602. The second-order valence-corrected chi connectivity index (χ2v) is 3.50. The van der Waals surface area contributed by atoms with Crippen molar-refractivity contribution in [3.8, 4) is 0 Å². The summed E-state index contributed by atoms with van der Waals surface area (Å²) >= 11 is 0. The molecule has 0 aliphatic carbocycles. The van der Waals surface area contributed by atoms with Crippen LogP contribution in [0.3, 0.4) is 0 Å². The van der Waals surface area contributed by atoms with Gasteiger partial charge >= 0.3 is 5.97 Å². The summed E-state index contributed by atoms with van der Waals surface area (Å²) in [5.41, 5.74) is -0.602. The number of aliphatic hydroxyl groups is 1. The lowest BCUT2D eigenvalue weighted by Gasteiger charge is -2.34. The highest BCUT2D eigenvalue weighted by Gasteiger charge is 2.34. The molecule has 0 aromatic heterocycles. The Labute approximate surface area is 85.2 Å². The third-order valence-corrected chi connectivity index (χ3v) is 2.43. The molecule has 14 heavy (non-hydrogen) atoms. The van der Waals surface area contributed by atoms with E-state index >= 15 is 0 Å². The van der Waals surface area contributed by atoms with Crippen molar-refractivity contribution in [3.05, 3.63) is 0 Å². The Morgan fingerprint density at radius 3 is 2.43 bits per heavy atom. The molecule has 4 nitrogen and oxygen atoms in total. The van der Waals surface area contributed by atoms with Crippen molar-refractivity contribution in [2.24, 2.45) is 0 Å². The van der Waals surface area contributed by atoms with Gasteiger partial charge in [0.05, 0.1) is 0 Å². The predicted molar refractivity (Wildman–Crippen MR) is 53.0 cm³/mol. The highest BCUT2D eigenvalue weighted by Crippen LogP contribution is 2.24. The van der Waals surface area contributed by atoms with E-state index in [0.717, 1.165) is 0 Å². The fourth-order valence-electron chi connectivity index (χ4n) is 1.46. The Morgan fingerprint density at radius 1 is 1.57 bits per heavy atom. The van der Waals surface area contributed by atoms with Crippen LogP contribution in [-0.2, 0) is 14.3 Å². The van der Waals surface area contributed by atoms with Crippen LogP contribution in [0.4, 0.5) is 0 Å². The zero-order valence-corrected chi connectivity index (χ0v) is 9.37. The number of hydrogen-bond acceptors (Lipinski definition) is 4. The molecule has 2 atom stereocenters. The minimum Gasteiger partial charge on any atom is -0.460 e. The van der Waals surface area contributed by atoms with Gasteiger partial charge in [-0.05, 0) is 13.3 Å². The molecule has 2 unspecified atom stereocenters. The van der Waals surface area contributed by atoms with Gasteiger partial charge in [0, 0.05) is 27.1 Å². The summed E-state index contributed by atoms with van der Waals surface area (Å²) in [7, 11) is 1.56. The SMILES string of the molecule is CCC(OC(C)=O)C(C)(CCO)OC. The number of rotatable bonds is 6. The number of carbonyl (C=O) groups is 1. The van der Waals surface area contributed by atoms with Crippen LogP contribution in [0.2, 0.25) is 0 Å². The molecule has 0 saturated heterocycles. The molecule has 0 saturated carbocycles. The molecule has 0 heterocycles. The summed E-state index contributed by atoms with van der Waals surface area (Å²) in [6.45, 7) is 5.14. The Kier molecular flexibility index (Phi) is 5.72. The first-order valence-electron chi connectivity index (χ1n) is 4.83. The van der Waals surface area contributed by atoms with Crippen molar-refractivity contribution in [2.45, 2.75) is 45.3 Å². The fourth-order valence-corrected chi connectivity index (χ4v) is 1.46. The number of hydrogen-bond donors (Lipinski definition) is 1. The Morgan fingerprint density at radius 2 is 2.14 bits per heavy atom. The number of ether oxygens (including phenoxy) is 2. The van der Waals surface area contributed by atoms with Crippen molar-refractivity contribution in [2.75, 3.05) is 13.7 Å². The second-order valence-electron chi connectivity index (χ2n) is 3.50. The average molecular weight is 204 g/mol. The topological polar surface area (TPSA) is 55.8 Å². The summed E-state index contributed by atoms with van der Waals surface area (Å²) in [5, 5.41) is 8.89. The number of methoxy groups -OCH3 is 1. The molecule has 0 fully saturated rings. The van der Waals surface area contributed by atoms with Gasteiger partial charge in [0.15, 0.2) is 0 Å². The first-order chi connectivity index (χ1) is 6.50. The van der Waals surface area contributed by atoms with Crippen LogP contribution in [-0.4, -0.2) is 36.5 Å². The first kappa shape index (κ1) is 13.4. The van der Waals surface area contributed by atoms with Gasteiger partial charge in [0.1, 0.15) is 11.7 Å². The van der Waals surface area contributed by atoms with Crippen molar-refractivity contribution in [1.82, 2.24) is 0 Å². The molecule has 0 spiro atoms. The predicted octanol–water partition coefficient (Wildman–Crippen LogP) is 1.12. The van der Waals surface area contributed by atoms with Crippen molar-refractivity contribution < 1.29 is 19.4 Å². The summed E-state index contributed by atoms with van der Waals surface area (Å²) < 4.78 is 10.4. The molecular formula is C10H20O4. The fraction of sp³-hybridized carbons (Fsp3) is 0.900. The molecule has 0 radical (unpaired) electrons. The van der Waals surface area contributed by atoms with Crippen molar-refractivity contribution in [3.63, 3.8) is 0 Å². The monoisotopic (exact) mass is 204 g/mol. The maximum atomic E-state index is 10.8. The molecule has 0 aliphatic heterocycles. The Hall–Kier alpha value is -0.610. The largest absolute Gasteiger partial charge is 0.460 e. The van der Waals surface area contributed by atoms with Crippen LogP contribution in [0.25, 0.3) is 0 Å². The quantitative estimate of drug-likeness (QED) is 0.659. The molecule has 0 bridgehead atoms. The van der Waals surface area contributed by atoms with Gasteiger partial charge in [0.25, 0.3) is 0 Å².